The minimum absolute atomic E-state index is 0.936. The van der Waals surface area contributed by atoms with E-state index in [4.69, 9.17) is 9.97 Å². The van der Waals surface area contributed by atoms with Crippen molar-refractivity contribution in [2.24, 2.45) is 0 Å². The maximum absolute atomic E-state index is 5.31. The number of benzene rings is 6. The van der Waals surface area contributed by atoms with Crippen molar-refractivity contribution in [3.63, 3.8) is 0 Å². The third kappa shape index (κ3) is 3.14. The van der Waals surface area contributed by atoms with Crippen molar-refractivity contribution in [2.45, 2.75) is 0 Å². The molecule has 8 aromatic rings. The molecule has 0 aliphatic rings. The van der Waals surface area contributed by atoms with Gasteiger partial charge < -0.3 is 0 Å². The van der Waals surface area contributed by atoms with Crippen LogP contribution < -0.4 is 0 Å². The van der Waals surface area contributed by atoms with Gasteiger partial charge in [0.1, 0.15) is 0 Å². The van der Waals surface area contributed by atoms with Crippen molar-refractivity contribution in [1.29, 1.82) is 0 Å². The van der Waals surface area contributed by atoms with Crippen LogP contribution in [0.1, 0.15) is 0 Å². The Bertz CT molecular complexity index is 2030. The molecule has 0 unspecified atom stereocenters. The van der Waals surface area contributed by atoms with E-state index < -0.39 is 0 Å². The van der Waals surface area contributed by atoms with Crippen LogP contribution in [0, 0.1) is 0 Å². The fourth-order valence-electron chi connectivity index (χ4n) is 5.86. The van der Waals surface area contributed by atoms with Crippen molar-refractivity contribution >= 4 is 54.1 Å². The molecule has 0 atom stereocenters. The number of hydrogen-bond acceptors (Lipinski definition) is 2. The summed E-state index contributed by atoms with van der Waals surface area (Å²) >= 11 is 0. The van der Waals surface area contributed by atoms with E-state index in [2.05, 4.69) is 133 Å². The highest BCUT2D eigenvalue weighted by molar-refractivity contribution is 6.23. The molecule has 38 heavy (non-hydrogen) atoms. The fraction of sp³-hybridized carbons (Fsp3) is 0. The molecule has 0 radical (unpaired) electrons. The summed E-state index contributed by atoms with van der Waals surface area (Å²) in [5.41, 5.74) is 6.07. The first-order valence-electron chi connectivity index (χ1n) is 12.9. The first-order valence-corrected chi connectivity index (χ1v) is 12.9. The molecule has 0 saturated heterocycles. The second-order valence-electron chi connectivity index (χ2n) is 9.78. The lowest BCUT2D eigenvalue weighted by molar-refractivity contribution is 1.38. The van der Waals surface area contributed by atoms with E-state index in [0.29, 0.717) is 0 Å². The van der Waals surface area contributed by atoms with Gasteiger partial charge in [-0.05, 0) is 56.6 Å². The zero-order chi connectivity index (χ0) is 25.1. The van der Waals surface area contributed by atoms with E-state index in [-0.39, 0.29) is 0 Å². The molecule has 2 nitrogen and oxygen atoms in total. The normalized spacial score (nSPS) is 11.7. The number of fused-ring (bicyclic) bond motifs is 8. The Morgan fingerprint density at radius 3 is 1.16 bits per heavy atom. The smallest absolute Gasteiger partial charge is 0.0978 e. The van der Waals surface area contributed by atoms with Gasteiger partial charge in [-0.25, -0.2) is 9.97 Å². The average molecular weight is 483 g/mol. The molecule has 2 heterocycles. The molecule has 2 heteroatoms. The lowest BCUT2D eigenvalue weighted by atomic mass is 9.96. The van der Waals surface area contributed by atoms with Gasteiger partial charge in [-0.1, -0.05) is 109 Å². The Hall–Kier alpha value is -5.08. The first-order chi connectivity index (χ1) is 18.8. The van der Waals surface area contributed by atoms with Crippen LogP contribution in [0.15, 0.2) is 133 Å². The second kappa shape index (κ2) is 8.22. The van der Waals surface area contributed by atoms with Crippen molar-refractivity contribution in [3.8, 4) is 22.5 Å². The fourth-order valence-corrected chi connectivity index (χ4v) is 5.86. The summed E-state index contributed by atoms with van der Waals surface area (Å²) in [5.74, 6) is 0. The predicted octanol–water partition coefficient (Wildman–Crippen LogP) is 9.58. The molecule has 0 aliphatic heterocycles. The Morgan fingerprint density at radius 2 is 0.684 bits per heavy atom. The quantitative estimate of drug-likeness (QED) is 0.229. The summed E-state index contributed by atoms with van der Waals surface area (Å²) in [6.07, 6.45) is 0. The first kappa shape index (κ1) is 21.0. The topological polar surface area (TPSA) is 25.8 Å². The number of hydrogen-bond donors (Lipinski definition) is 0. The molecule has 0 spiro atoms. The monoisotopic (exact) mass is 482 g/mol. The van der Waals surface area contributed by atoms with E-state index in [1.807, 2.05) is 0 Å². The number of aromatic nitrogens is 2. The Kier molecular flexibility index (Phi) is 4.55. The molecule has 176 valence electrons. The molecule has 0 bridgehead atoms. The number of pyridine rings is 2. The van der Waals surface area contributed by atoms with E-state index in [9.17, 15) is 0 Å². The van der Waals surface area contributed by atoms with Crippen LogP contribution in [0.2, 0.25) is 0 Å². The van der Waals surface area contributed by atoms with Crippen LogP contribution >= 0.6 is 0 Å². The van der Waals surface area contributed by atoms with Gasteiger partial charge in [0.15, 0.2) is 0 Å². The van der Waals surface area contributed by atoms with Gasteiger partial charge in [-0.3, -0.25) is 0 Å². The highest BCUT2D eigenvalue weighted by Crippen LogP contribution is 2.37. The van der Waals surface area contributed by atoms with E-state index in [1.165, 1.54) is 32.3 Å². The van der Waals surface area contributed by atoms with E-state index >= 15 is 0 Å². The summed E-state index contributed by atoms with van der Waals surface area (Å²) in [6.45, 7) is 0. The van der Waals surface area contributed by atoms with Crippen LogP contribution in [0.4, 0.5) is 0 Å². The predicted molar refractivity (Wildman–Crippen MR) is 160 cm³/mol. The van der Waals surface area contributed by atoms with Crippen molar-refractivity contribution in [3.05, 3.63) is 133 Å². The van der Waals surface area contributed by atoms with Gasteiger partial charge in [0, 0.05) is 21.9 Å². The number of rotatable bonds is 2. The van der Waals surface area contributed by atoms with Crippen LogP contribution in [0.3, 0.4) is 0 Å². The van der Waals surface area contributed by atoms with Crippen LogP contribution in [0.25, 0.3) is 76.6 Å². The Morgan fingerprint density at radius 1 is 0.289 bits per heavy atom. The third-order valence-electron chi connectivity index (χ3n) is 7.65. The molecule has 2 aromatic heterocycles. The molecule has 0 fully saturated rings. The van der Waals surface area contributed by atoms with Crippen LogP contribution in [0.5, 0.6) is 0 Å². The molecule has 0 aliphatic carbocycles. The number of nitrogens with zero attached hydrogens (tertiary/aromatic N) is 2. The SMILES string of the molecule is c1ccc2c(-c3ccc4c5ccccc5c5ccc(-c6cccc7ccccc67)nc5c4n3)cccc2c1. The lowest BCUT2D eigenvalue weighted by Gasteiger charge is -2.13. The van der Waals surface area contributed by atoms with E-state index in [0.717, 1.165) is 44.3 Å². The highest BCUT2D eigenvalue weighted by atomic mass is 14.8. The van der Waals surface area contributed by atoms with Gasteiger partial charge in [-0.2, -0.15) is 0 Å². The van der Waals surface area contributed by atoms with Gasteiger partial charge in [0.2, 0.25) is 0 Å². The maximum atomic E-state index is 5.31. The second-order valence-corrected chi connectivity index (χ2v) is 9.78. The minimum atomic E-state index is 0.936. The summed E-state index contributed by atoms with van der Waals surface area (Å²) < 4.78 is 0. The third-order valence-corrected chi connectivity index (χ3v) is 7.65. The maximum Gasteiger partial charge on any atom is 0.0978 e. The molecule has 0 amide bonds. The zero-order valence-corrected chi connectivity index (χ0v) is 20.6. The van der Waals surface area contributed by atoms with Gasteiger partial charge >= 0.3 is 0 Å². The van der Waals surface area contributed by atoms with Crippen molar-refractivity contribution in [2.75, 3.05) is 0 Å². The summed E-state index contributed by atoms with van der Waals surface area (Å²) in [6, 6.07) is 47.2. The lowest BCUT2D eigenvalue weighted by Crippen LogP contribution is -1.93. The van der Waals surface area contributed by atoms with Crippen molar-refractivity contribution in [1.82, 2.24) is 9.97 Å². The van der Waals surface area contributed by atoms with Crippen LogP contribution in [-0.2, 0) is 0 Å². The Balaban J connectivity index is 1.47. The molecule has 8 rings (SSSR count). The summed E-state index contributed by atoms with van der Waals surface area (Å²) in [4.78, 5) is 10.6. The average Bonchev–Trinajstić information content (AvgIpc) is 3.00. The largest absolute Gasteiger partial charge is 0.245 e. The van der Waals surface area contributed by atoms with E-state index in [1.54, 1.807) is 0 Å². The standard InChI is InChI=1S/C36H22N2/c1-3-13-25-23(9-1)11-7-17-29(25)33-21-19-31-27-15-5-6-16-28(27)32-20-22-34(38-36(32)35(31)37-33)30-18-8-12-24-10-2-4-14-26(24)30/h1-22H. The van der Waals surface area contributed by atoms with Gasteiger partial charge in [0.05, 0.1) is 22.4 Å². The summed E-state index contributed by atoms with van der Waals surface area (Å²) in [7, 11) is 0. The molecule has 6 aromatic carbocycles. The summed E-state index contributed by atoms with van der Waals surface area (Å²) in [5, 5.41) is 9.49. The van der Waals surface area contributed by atoms with Crippen LogP contribution in [-0.4, -0.2) is 9.97 Å². The molecule has 0 N–H and O–H groups in total. The Labute approximate surface area is 219 Å². The van der Waals surface area contributed by atoms with Crippen molar-refractivity contribution < 1.29 is 0 Å². The highest BCUT2D eigenvalue weighted by Gasteiger charge is 2.15. The molecular weight excluding hydrogens is 460 g/mol. The van der Waals surface area contributed by atoms with Gasteiger partial charge in [-0.15, -0.1) is 0 Å². The molecule has 0 saturated carbocycles. The minimum Gasteiger partial charge on any atom is -0.245 e. The molecular formula is C36H22N2. The van der Waals surface area contributed by atoms with Gasteiger partial charge in [0.25, 0.3) is 0 Å². The zero-order valence-electron chi connectivity index (χ0n) is 20.6.